The van der Waals surface area contributed by atoms with Gasteiger partial charge in [-0.2, -0.15) is 13.4 Å². The minimum absolute atomic E-state index is 0.0403. The summed E-state index contributed by atoms with van der Waals surface area (Å²) in [6.45, 7) is 0. The molecular formula is C8H8N6O2S3. The van der Waals surface area contributed by atoms with Crippen molar-refractivity contribution < 1.29 is 8.42 Å². The molecule has 100 valence electrons. The highest BCUT2D eigenvalue weighted by molar-refractivity contribution is 7.93. The molecule has 0 aromatic carbocycles. The van der Waals surface area contributed by atoms with E-state index < -0.39 is 10.0 Å². The molecule has 0 amide bonds. The maximum atomic E-state index is 12.4. The summed E-state index contributed by atoms with van der Waals surface area (Å²) in [6, 6.07) is 0. The summed E-state index contributed by atoms with van der Waals surface area (Å²) < 4.78 is 28.6. The van der Waals surface area contributed by atoms with E-state index in [9.17, 15) is 8.42 Å². The summed E-state index contributed by atoms with van der Waals surface area (Å²) in [5.74, 6) is 5.41. The van der Waals surface area contributed by atoms with Crippen LogP contribution in [0.4, 0.5) is 10.9 Å². The van der Waals surface area contributed by atoms with Gasteiger partial charge in [-0.1, -0.05) is 0 Å². The lowest BCUT2D eigenvalue weighted by molar-refractivity contribution is 0.597. The van der Waals surface area contributed by atoms with Gasteiger partial charge in [0.05, 0.1) is 0 Å². The number of nitrogen functional groups attached to an aromatic ring is 1. The average molecular weight is 316 g/mol. The molecule has 0 fully saturated rings. The molecule has 0 saturated heterocycles. The third-order valence-electron chi connectivity index (χ3n) is 2.26. The Kier molecular flexibility index (Phi) is 2.89. The van der Waals surface area contributed by atoms with Crippen LogP contribution in [0.15, 0.2) is 28.2 Å². The molecule has 3 aromatic rings. The maximum Gasteiger partial charge on any atom is 0.283 e. The van der Waals surface area contributed by atoms with Gasteiger partial charge in [0.15, 0.2) is 15.9 Å². The van der Waals surface area contributed by atoms with Crippen LogP contribution in [0.2, 0.25) is 0 Å². The third-order valence-corrected chi connectivity index (χ3v) is 5.20. The number of fused-ring (bicyclic) bond motifs is 1. The average Bonchev–Trinajstić information content (AvgIpc) is 3.01. The normalized spacial score (nSPS) is 11.8. The van der Waals surface area contributed by atoms with Gasteiger partial charge in [0.1, 0.15) is 0 Å². The van der Waals surface area contributed by atoms with Gasteiger partial charge >= 0.3 is 0 Å². The highest BCUT2D eigenvalue weighted by atomic mass is 32.2. The van der Waals surface area contributed by atoms with E-state index in [1.807, 2.05) is 0 Å². The van der Waals surface area contributed by atoms with Crippen molar-refractivity contribution in [2.45, 2.75) is 5.03 Å². The van der Waals surface area contributed by atoms with Crippen LogP contribution in [-0.2, 0) is 10.0 Å². The summed E-state index contributed by atoms with van der Waals surface area (Å²) >= 11 is 2.50. The Morgan fingerprint density at radius 3 is 2.84 bits per heavy atom. The van der Waals surface area contributed by atoms with Crippen molar-refractivity contribution >= 4 is 48.6 Å². The van der Waals surface area contributed by atoms with E-state index in [2.05, 4.69) is 20.1 Å². The summed E-state index contributed by atoms with van der Waals surface area (Å²) in [5, 5.41) is 3.66. The topological polar surface area (TPSA) is 114 Å². The summed E-state index contributed by atoms with van der Waals surface area (Å²) in [6.07, 6.45) is 3.13. The molecule has 0 unspecified atom stereocenters. The van der Waals surface area contributed by atoms with Gasteiger partial charge in [-0.05, 0) is 0 Å². The second kappa shape index (κ2) is 4.45. The number of thiazole rings is 2. The third kappa shape index (κ3) is 2.06. The first-order chi connectivity index (χ1) is 9.12. The van der Waals surface area contributed by atoms with E-state index in [0.717, 1.165) is 0 Å². The van der Waals surface area contributed by atoms with Crippen LogP contribution in [0, 0.1) is 0 Å². The van der Waals surface area contributed by atoms with Gasteiger partial charge < -0.3 is 5.43 Å². The van der Waals surface area contributed by atoms with Crippen molar-refractivity contribution in [3.8, 4) is 0 Å². The SMILES string of the molecule is NNc1nc2sccn2c1S(=O)(=O)Nc1nccs1. The molecule has 11 heteroatoms. The molecule has 4 N–H and O–H groups in total. The van der Waals surface area contributed by atoms with Gasteiger partial charge in [0, 0.05) is 23.2 Å². The molecule has 3 aromatic heterocycles. The van der Waals surface area contributed by atoms with Crippen LogP contribution in [0.25, 0.3) is 4.96 Å². The number of anilines is 2. The van der Waals surface area contributed by atoms with Gasteiger partial charge in [0.2, 0.25) is 5.03 Å². The lowest BCUT2D eigenvalue weighted by Gasteiger charge is -2.05. The zero-order valence-electron chi connectivity index (χ0n) is 9.27. The van der Waals surface area contributed by atoms with Crippen molar-refractivity contribution in [2.24, 2.45) is 5.84 Å². The summed E-state index contributed by atoms with van der Waals surface area (Å²) in [4.78, 5) is 8.51. The number of rotatable bonds is 4. The van der Waals surface area contributed by atoms with Gasteiger partial charge in [-0.3, -0.25) is 9.12 Å². The highest BCUT2D eigenvalue weighted by Crippen LogP contribution is 2.27. The van der Waals surface area contributed by atoms with Crippen molar-refractivity contribution in [3.05, 3.63) is 23.2 Å². The number of sulfonamides is 1. The Hall–Kier alpha value is -1.69. The van der Waals surface area contributed by atoms with Crippen LogP contribution < -0.4 is 16.0 Å². The van der Waals surface area contributed by atoms with E-state index in [1.165, 1.54) is 33.3 Å². The molecule has 0 spiro atoms. The second-order valence-corrected chi connectivity index (χ2v) is 6.77. The molecule has 0 aliphatic carbocycles. The van der Waals surface area contributed by atoms with E-state index in [4.69, 9.17) is 5.84 Å². The number of nitrogens with one attached hydrogen (secondary N) is 2. The number of aromatic nitrogens is 3. The van der Waals surface area contributed by atoms with Crippen LogP contribution in [0.1, 0.15) is 0 Å². The van der Waals surface area contributed by atoms with Crippen LogP contribution in [0.5, 0.6) is 0 Å². The Morgan fingerprint density at radius 2 is 2.16 bits per heavy atom. The fraction of sp³-hybridized carbons (Fsp3) is 0. The Balaban J connectivity index is 2.14. The first-order valence-corrected chi connectivity index (χ1v) is 8.20. The fourth-order valence-electron chi connectivity index (χ4n) is 1.55. The molecule has 0 aliphatic heterocycles. The Morgan fingerprint density at radius 1 is 1.32 bits per heavy atom. The first-order valence-electron chi connectivity index (χ1n) is 4.96. The van der Waals surface area contributed by atoms with Gasteiger partial charge in [-0.15, -0.1) is 22.7 Å². The van der Waals surface area contributed by atoms with Crippen LogP contribution >= 0.6 is 22.7 Å². The predicted octanol–water partition coefficient (Wildman–Crippen LogP) is 0.939. The Bertz CT molecular complexity index is 803. The lowest BCUT2D eigenvalue weighted by Crippen LogP contribution is -2.18. The number of hydrazine groups is 1. The molecule has 0 saturated carbocycles. The molecule has 0 bridgehead atoms. The Labute approximate surface area is 115 Å². The second-order valence-electron chi connectivity index (χ2n) is 3.41. The van der Waals surface area contributed by atoms with Crippen molar-refractivity contribution in [1.29, 1.82) is 0 Å². The first kappa shape index (κ1) is 12.3. The minimum Gasteiger partial charge on any atom is -0.306 e. The molecule has 8 nitrogen and oxygen atoms in total. The van der Waals surface area contributed by atoms with Gasteiger partial charge in [-0.25, -0.2) is 10.8 Å². The zero-order chi connectivity index (χ0) is 13.5. The smallest absolute Gasteiger partial charge is 0.283 e. The number of imidazole rings is 1. The molecule has 0 aliphatic rings. The van der Waals surface area contributed by atoms with E-state index in [1.54, 1.807) is 17.0 Å². The predicted molar refractivity (Wildman–Crippen MR) is 73.8 cm³/mol. The fourth-order valence-corrected chi connectivity index (χ4v) is 4.36. The monoisotopic (exact) mass is 316 g/mol. The quantitative estimate of drug-likeness (QED) is 0.487. The maximum absolute atomic E-state index is 12.4. The summed E-state index contributed by atoms with van der Waals surface area (Å²) in [5.41, 5.74) is 2.30. The zero-order valence-corrected chi connectivity index (χ0v) is 11.7. The molecule has 3 rings (SSSR count). The molecular weight excluding hydrogens is 308 g/mol. The molecule has 0 atom stereocenters. The lowest BCUT2D eigenvalue weighted by atomic mass is 10.7. The van der Waals surface area contributed by atoms with E-state index in [-0.39, 0.29) is 16.0 Å². The molecule has 3 heterocycles. The molecule has 19 heavy (non-hydrogen) atoms. The number of nitrogens with zero attached hydrogens (tertiary/aromatic N) is 3. The summed E-state index contributed by atoms with van der Waals surface area (Å²) in [7, 11) is -3.82. The largest absolute Gasteiger partial charge is 0.306 e. The minimum atomic E-state index is -3.82. The van der Waals surface area contributed by atoms with Crippen molar-refractivity contribution in [2.75, 3.05) is 10.1 Å². The highest BCUT2D eigenvalue weighted by Gasteiger charge is 2.26. The molecule has 0 radical (unpaired) electrons. The van der Waals surface area contributed by atoms with Crippen molar-refractivity contribution in [1.82, 2.24) is 14.4 Å². The van der Waals surface area contributed by atoms with E-state index >= 15 is 0 Å². The van der Waals surface area contributed by atoms with Crippen LogP contribution in [0.3, 0.4) is 0 Å². The van der Waals surface area contributed by atoms with Crippen LogP contribution in [-0.4, -0.2) is 22.8 Å². The van der Waals surface area contributed by atoms with E-state index in [0.29, 0.717) is 4.96 Å². The number of hydrogen-bond donors (Lipinski definition) is 3. The standard InChI is InChI=1S/C8H8N6O2S3/c9-12-5-6(14-2-4-18-8(14)11-5)19(15,16)13-7-10-1-3-17-7/h1-4,12H,9H2,(H,10,13). The van der Waals surface area contributed by atoms with Gasteiger partial charge in [0.25, 0.3) is 10.0 Å². The number of nitrogens with two attached hydrogens (primary N) is 1. The van der Waals surface area contributed by atoms with Crippen molar-refractivity contribution in [3.63, 3.8) is 0 Å². The number of hydrogen-bond acceptors (Lipinski definition) is 8.